The van der Waals surface area contributed by atoms with Crippen LogP contribution in [-0.4, -0.2) is 32.1 Å². The first-order valence-electron chi connectivity index (χ1n) is 10.0. The van der Waals surface area contributed by atoms with Crippen LogP contribution in [0.2, 0.25) is 10.3 Å². The zero-order chi connectivity index (χ0) is 21.6. The summed E-state index contributed by atoms with van der Waals surface area (Å²) >= 11 is 12.2. The molecule has 0 aromatic carbocycles. The van der Waals surface area contributed by atoms with Crippen LogP contribution in [0.4, 0.5) is 11.6 Å². The lowest BCUT2D eigenvalue weighted by Gasteiger charge is -2.34. The molecule has 1 saturated heterocycles. The van der Waals surface area contributed by atoms with Gasteiger partial charge in [0.05, 0.1) is 6.26 Å². The molecule has 0 aliphatic carbocycles. The molecule has 5 heterocycles. The average molecular weight is 461 g/mol. The topological polar surface area (TPSA) is 121 Å². The van der Waals surface area contributed by atoms with Crippen molar-refractivity contribution >= 4 is 34.8 Å². The van der Waals surface area contributed by atoms with Gasteiger partial charge in [0.1, 0.15) is 21.9 Å². The van der Waals surface area contributed by atoms with Gasteiger partial charge in [-0.2, -0.15) is 4.98 Å². The molecule has 0 radical (unpaired) electrons. The molecule has 2 aliphatic heterocycles. The molecule has 0 spiro atoms. The smallest absolute Gasteiger partial charge is 0.244 e. The fourth-order valence-corrected chi connectivity index (χ4v) is 5.03. The van der Waals surface area contributed by atoms with Gasteiger partial charge in [-0.25, -0.2) is 9.66 Å². The SMILES string of the molecule is N=c1nc(N)cc2n1NC(CC1CCCN1Cc1cc(Cl)nc(Cl)c1)(c1ccco1)N2. The number of fused-ring (bicyclic) bond motifs is 1. The predicted molar refractivity (Wildman–Crippen MR) is 118 cm³/mol. The number of nitrogens with two attached hydrogens (primary N) is 1. The summed E-state index contributed by atoms with van der Waals surface area (Å²) in [5.41, 5.74) is 9.59. The van der Waals surface area contributed by atoms with Gasteiger partial charge in [-0.1, -0.05) is 23.2 Å². The second-order valence-electron chi connectivity index (χ2n) is 7.94. The van der Waals surface area contributed by atoms with Crippen LogP contribution >= 0.6 is 23.2 Å². The van der Waals surface area contributed by atoms with Gasteiger partial charge in [0.2, 0.25) is 5.62 Å². The number of anilines is 2. The van der Waals surface area contributed by atoms with Gasteiger partial charge in [-0.15, -0.1) is 0 Å². The molecule has 3 aromatic rings. The van der Waals surface area contributed by atoms with Crippen molar-refractivity contribution in [1.82, 2.24) is 19.5 Å². The maximum absolute atomic E-state index is 8.20. The van der Waals surface area contributed by atoms with E-state index in [0.717, 1.165) is 37.3 Å². The summed E-state index contributed by atoms with van der Waals surface area (Å²) in [7, 11) is 0. The van der Waals surface area contributed by atoms with Crippen LogP contribution in [0.3, 0.4) is 0 Å². The van der Waals surface area contributed by atoms with E-state index in [2.05, 4.69) is 25.6 Å². The lowest BCUT2D eigenvalue weighted by molar-refractivity contribution is 0.200. The monoisotopic (exact) mass is 460 g/mol. The highest BCUT2D eigenvalue weighted by Crippen LogP contribution is 2.38. The van der Waals surface area contributed by atoms with Gasteiger partial charge < -0.3 is 15.5 Å². The number of nitrogens with zero attached hydrogens (tertiary/aromatic N) is 4. The Morgan fingerprint density at radius 2 is 2.06 bits per heavy atom. The van der Waals surface area contributed by atoms with Crippen LogP contribution in [0.1, 0.15) is 30.6 Å². The first kappa shape index (κ1) is 20.2. The first-order chi connectivity index (χ1) is 14.9. The van der Waals surface area contributed by atoms with E-state index in [1.54, 1.807) is 17.0 Å². The Hall–Kier alpha value is -2.75. The fraction of sp³-hybridized carbons (Fsp3) is 0.350. The third-order valence-electron chi connectivity index (χ3n) is 5.81. The van der Waals surface area contributed by atoms with Crippen molar-refractivity contribution in [2.24, 2.45) is 0 Å². The Bertz CT molecular complexity index is 1140. The molecule has 9 nitrogen and oxygen atoms in total. The number of hydrogen-bond donors (Lipinski definition) is 4. The quantitative estimate of drug-likeness (QED) is 0.431. The third kappa shape index (κ3) is 3.84. The minimum Gasteiger partial charge on any atom is -0.465 e. The third-order valence-corrected chi connectivity index (χ3v) is 6.19. The van der Waals surface area contributed by atoms with Crippen LogP contribution in [0, 0.1) is 5.41 Å². The Labute approximate surface area is 188 Å². The maximum Gasteiger partial charge on any atom is 0.244 e. The molecule has 0 amide bonds. The zero-order valence-corrected chi connectivity index (χ0v) is 18.1. The largest absolute Gasteiger partial charge is 0.465 e. The number of aromatic nitrogens is 3. The first-order valence-corrected chi connectivity index (χ1v) is 10.8. The molecule has 0 bridgehead atoms. The number of halogens is 2. The van der Waals surface area contributed by atoms with Gasteiger partial charge in [0, 0.05) is 25.1 Å². The number of pyridine rings is 1. The molecular weight excluding hydrogens is 439 g/mol. The molecule has 5 rings (SSSR count). The number of hydrogen-bond acceptors (Lipinski definition) is 8. The van der Waals surface area contributed by atoms with Crippen molar-refractivity contribution in [1.29, 1.82) is 5.41 Å². The van der Waals surface area contributed by atoms with Crippen molar-refractivity contribution in [2.45, 2.75) is 37.5 Å². The van der Waals surface area contributed by atoms with Crippen LogP contribution < -0.4 is 22.1 Å². The van der Waals surface area contributed by atoms with E-state index in [-0.39, 0.29) is 17.5 Å². The van der Waals surface area contributed by atoms with Crippen molar-refractivity contribution in [3.8, 4) is 0 Å². The summed E-state index contributed by atoms with van der Waals surface area (Å²) < 4.78 is 7.40. The number of nitrogen functional groups attached to an aromatic ring is 1. The van der Waals surface area contributed by atoms with Crippen LogP contribution in [0.15, 0.2) is 41.0 Å². The Morgan fingerprint density at radius 3 is 2.81 bits per heavy atom. The Morgan fingerprint density at radius 1 is 1.26 bits per heavy atom. The van der Waals surface area contributed by atoms with Gasteiger partial charge in [0.15, 0.2) is 11.4 Å². The van der Waals surface area contributed by atoms with E-state index in [9.17, 15) is 0 Å². The average Bonchev–Trinajstić information content (AvgIpc) is 3.42. The standard InChI is InChI=1S/C20H22Cl2N8O/c21-15-7-12(8-16(22)25-15)11-29-5-1-3-13(29)10-20(14-4-2-6-31-14)27-18-9-17(23)26-19(24)30(18)28-20/h2,4,6-9,13,27-28H,1,3,5,10-11H2,(H3,23,24,26). The summed E-state index contributed by atoms with van der Waals surface area (Å²) in [5.74, 6) is 1.69. The van der Waals surface area contributed by atoms with E-state index in [4.69, 9.17) is 38.8 Å². The molecule has 162 valence electrons. The summed E-state index contributed by atoms with van der Waals surface area (Å²) in [4.78, 5) is 10.5. The minimum atomic E-state index is -0.734. The van der Waals surface area contributed by atoms with Gasteiger partial charge in [0.25, 0.3) is 0 Å². The zero-order valence-electron chi connectivity index (χ0n) is 16.6. The summed E-state index contributed by atoms with van der Waals surface area (Å²) in [5, 5.41) is 12.5. The molecule has 2 unspecified atom stereocenters. The van der Waals surface area contributed by atoms with Crippen LogP contribution in [-0.2, 0) is 12.2 Å². The van der Waals surface area contributed by atoms with Gasteiger partial charge in [-0.3, -0.25) is 15.7 Å². The fourth-order valence-electron chi connectivity index (χ4n) is 4.53. The van der Waals surface area contributed by atoms with Crippen LogP contribution in [0.5, 0.6) is 0 Å². The minimum absolute atomic E-state index is 0.0280. The predicted octanol–water partition coefficient (Wildman–Crippen LogP) is 3.12. The van der Waals surface area contributed by atoms with E-state index in [1.807, 2.05) is 24.3 Å². The Kier molecular flexibility index (Phi) is 5.04. The summed E-state index contributed by atoms with van der Waals surface area (Å²) in [6.45, 7) is 1.69. The van der Waals surface area contributed by atoms with Crippen molar-refractivity contribution < 1.29 is 4.42 Å². The number of nitrogens with one attached hydrogen (secondary N) is 3. The van der Waals surface area contributed by atoms with E-state index in [1.165, 1.54) is 0 Å². The highest BCUT2D eigenvalue weighted by atomic mass is 35.5. The van der Waals surface area contributed by atoms with E-state index >= 15 is 0 Å². The molecule has 2 aliphatic rings. The number of furan rings is 1. The second-order valence-corrected chi connectivity index (χ2v) is 8.71. The second kappa shape index (κ2) is 7.74. The highest BCUT2D eigenvalue weighted by Gasteiger charge is 2.45. The van der Waals surface area contributed by atoms with Gasteiger partial charge >= 0.3 is 0 Å². The lowest BCUT2D eigenvalue weighted by Crippen LogP contribution is -2.47. The molecular formula is C20H22Cl2N8O. The molecule has 31 heavy (non-hydrogen) atoms. The molecule has 3 aromatic heterocycles. The maximum atomic E-state index is 8.20. The molecule has 5 N–H and O–H groups in total. The summed E-state index contributed by atoms with van der Waals surface area (Å²) in [6.07, 6.45) is 4.47. The van der Waals surface area contributed by atoms with Crippen molar-refractivity contribution in [3.63, 3.8) is 0 Å². The lowest BCUT2D eigenvalue weighted by atomic mass is 9.96. The highest BCUT2D eigenvalue weighted by molar-refractivity contribution is 6.32. The summed E-state index contributed by atoms with van der Waals surface area (Å²) in [6, 6.07) is 9.45. The molecule has 11 heteroatoms. The van der Waals surface area contributed by atoms with E-state index < -0.39 is 5.66 Å². The Balaban J connectivity index is 1.44. The van der Waals surface area contributed by atoms with Gasteiger partial charge in [-0.05, 0) is 49.2 Å². The number of likely N-dealkylation sites (tertiary alicyclic amines) is 1. The van der Waals surface area contributed by atoms with Crippen molar-refractivity contribution in [2.75, 3.05) is 23.0 Å². The molecule has 1 fully saturated rings. The van der Waals surface area contributed by atoms with Crippen molar-refractivity contribution in [3.05, 3.63) is 63.8 Å². The van der Waals surface area contributed by atoms with Crippen LogP contribution in [0.25, 0.3) is 0 Å². The molecule has 2 atom stereocenters. The molecule has 0 saturated carbocycles. The normalized spacial score (nSPS) is 22.8. The number of rotatable bonds is 5. The van der Waals surface area contributed by atoms with E-state index in [0.29, 0.717) is 22.5 Å².